The van der Waals surface area contributed by atoms with E-state index in [0.29, 0.717) is 6.61 Å². The van der Waals surface area contributed by atoms with E-state index in [2.05, 4.69) is 6.58 Å². The van der Waals surface area contributed by atoms with Gasteiger partial charge in [0.15, 0.2) is 0 Å². The summed E-state index contributed by atoms with van der Waals surface area (Å²) in [4.78, 5) is 0. The van der Waals surface area contributed by atoms with Crippen LogP contribution in [0.1, 0.15) is 64.2 Å². The second kappa shape index (κ2) is 13.8. The number of hydrogen-bond acceptors (Lipinski definition) is 5. The molecule has 0 aromatic carbocycles. The van der Waals surface area contributed by atoms with Crippen molar-refractivity contribution in [1.29, 1.82) is 0 Å². The Bertz CT molecular complexity index is 310. The van der Waals surface area contributed by atoms with Gasteiger partial charge in [0.05, 0.1) is 13.2 Å². The van der Waals surface area contributed by atoms with Crippen molar-refractivity contribution in [2.75, 3.05) is 19.8 Å². The lowest BCUT2D eigenvalue weighted by Crippen LogP contribution is -2.55. The molecule has 1 aliphatic rings. The fourth-order valence-corrected chi connectivity index (χ4v) is 3.03. The monoisotopic (exact) mass is 344 g/mol. The standard InChI is InChI=1S/C19H36O5/c1-2-3-4-5-6-7-8-9-10-11-12-13-23-17-15-24-16(14-20)18(21)19(17)22/h2,16-22H,1,3-15H2/t16-,17+,18-,19-/m0/s1. The van der Waals surface area contributed by atoms with E-state index in [-0.39, 0.29) is 13.2 Å². The van der Waals surface area contributed by atoms with Crippen LogP contribution in [-0.2, 0) is 9.47 Å². The first-order chi connectivity index (χ1) is 11.7. The Kier molecular flexibility index (Phi) is 12.4. The normalized spacial score (nSPS) is 27.3. The number of unbranched alkanes of at least 4 members (excludes halogenated alkanes) is 9. The Hall–Kier alpha value is -0.460. The molecule has 0 unspecified atom stereocenters. The van der Waals surface area contributed by atoms with Gasteiger partial charge in [0.25, 0.3) is 0 Å². The second-order valence-electron chi connectivity index (χ2n) is 6.70. The molecule has 1 aliphatic heterocycles. The number of rotatable bonds is 14. The lowest BCUT2D eigenvalue weighted by Gasteiger charge is -2.36. The molecule has 3 N–H and O–H groups in total. The molecule has 4 atom stereocenters. The van der Waals surface area contributed by atoms with Crippen molar-refractivity contribution in [2.45, 2.75) is 88.6 Å². The zero-order valence-corrected chi connectivity index (χ0v) is 14.9. The summed E-state index contributed by atoms with van der Waals surface area (Å²) in [5, 5.41) is 28.7. The molecule has 0 spiro atoms. The Morgan fingerprint density at radius 3 is 2.08 bits per heavy atom. The van der Waals surface area contributed by atoms with Crippen molar-refractivity contribution in [3.8, 4) is 0 Å². The molecule has 0 aromatic rings. The van der Waals surface area contributed by atoms with Gasteiger partial charge in [-0.25, -0.2) is 0 Å². The van der Waals surface area contributed by atoms with Crippen molar-refractivity contribution >= 4 is 0 Å². The van der Waals surface area contributed by atoms with Crippen molar-refractivity contribution in [3.05, 3.63) is 12.7 Å². The average Bonchev–Trinajstić information content (AvgIpc) is 2.59. The van der Waals surface area contributed by atoms with Crippen molar-refractivity contribution in [1.82, 2.24) is 0 Å². The van der Waals surface area contributed by atoms with Gasteiger partial charge in [-0.2, -0.15) is 0 Å². The van der Waals surface area contributed by atoms with E-state index < -0.39 is 24.4 Å². The smallest absolute Gasteiger partial charge is 0.111 e. The molecule has 1 fully saturated rings. The summed E-state index contributed by atoms with van der Waals surface area (Å²) in [6.45, 7) is 4.23. The lowest BCUT2D eigenvalue weighted by molar-refractivity contribution is -0.208. The summed E-state index contributed by atoms with van der Waals surface area (Å²) >= 11 is 0. The predicted octanol–water partition coefficient (Wildman–Crippen LogP) is 2.57. The van der Waals surface area contributed by atoms with Crippen LogP contribution in [0.25, 0.3) is 0 Å². The summed E-state index contributed by atoms with van der Waals surface area (Å²) in [6.07, 6.45) is 11.0. The third-order valence-corrected chi connectivity index (χ3v) is 4.65. The van der Waals surface area contributed by atoms with Crippen molar-refractivity contribution in [2.24, 2.45) is 0 Å². The molecule has 1 heterocycles. The number of aliphatic hydroxyl groups excluding tert-OH is 3. The van der Waals surface area contributed by atoms with Crippen LogP contribution < -0.4 is 0 Å². The van der Waals surface area contributed by atoms with Crippen molar-refractivity contribution in [3.63, 3.8) is 0 Å². The molecule has 0 saturated carbocycles. The summed E-state index contributed by atoms with van der Waals surface area (Å²) in [5.74, 6) is 0. The first kappa shape index (κ1) is 21.6. The minimum atomic E-state index is -1.08. The maximum absolute atomic E-state index is 9.94. The maximum atomic E-state index is 9.94. The molecule has 142 valence electrons. The van der Waals surface area contributed by atoms with E-state index in [1.807, 2.05) is 6.08 Å². The van der Waals surface area contributed by atoms with E-state index in [1.165, 1.54) is 44.9 Å². The minimum absolute atomic E-state index is 0.218. The zero-order valence-electron chi connectivity index (χ0n) is 14.9. The quantitative estimate of drug-likeness (QED) is 0.333. The number of aliphatic hydroxyl groups is 3. The van der Waals surface area contributed by atoms with Gasteiger partial charge in [0.2, 0.25) is 0 Å². The number of allylic oxidation sites excluding steroid dienone is 1. The van der Waals surface area contributed by atoms with Crippen LogP contribution in [-0.4, -0.2) is 59.6 Å². The Balaban J connectivity index is 1.91. The van der Waals surface area contributed by atoms with E-state index in [1.54, 1.807) is 0 Å². The molecule has 1 saturated heterocycles. The van der Waals surface area contributed by atoms with E-state index in [0.717, 1.165) is 19.3 Å². The predicted molar refractivity (Wildman–Crippen MR) is 94.9 cm³/mol. The molecule has 5 heteroatoms. The third-order valence-electron chi connectivity index (χ3n) is 4.65. The van der Waals surface area contributed by atoms with Crippen molar-refractivity contribution < 1.29 is 24.8 Å². The number of ether oxygens (including phenoxy) is 2. The highest BCUT2D eigenvalue weighted by atomic mass is 16.6. The van der Waals surface area contributed by atoms with Crippen LogP contribution in [0.15, 0.2) is 12.7 Å². The molecular weight excluding hydrogens is 308 g/mol. The fourth-order valence-electron chi connectivity index (χ4n) is 3.03. The Morgan fingerprint density at radius 2 is 1.50 bits per heavy atom. The molecule has 5 nitrogen and oxygen atoms in total. The molecule has 0 radical (unpaired) electrons. The second-order valence-corrected chi connectivity index (χ2v) is 6.70. The molecule has 0 aliphatic carbocycles. The first-order valence-electron chi connectivity index (χ1n) is 9.51. The van der Waals surface area contributed by atoms with Crippen LogP contribution in [0.2, 0.25) is 0 Å². The maximum Gasteiger partial charge on any atom is 0.111 e. The van der Waals surface area contributed by atoms with Crippen LogP contribution in [0.4, 0.5) is 0 Å². The zero-order chi connectivity index (χ0) is 17.6. The largest absolute Gasteiger partial charge is 0.394 e. The van der Waals surface area contributed by atoms with Gasteiger partial charge in [0, 0.05) is 6.61 Å². The highest BCUT2D eigenvalue weighted by Crippen LogP contribution is 2.18. The van der Waals surface area contributed by atoms with Gasteiger partial charge >= 0.3 is 0 Å². The van der Waals surface area contributed by atoms with Gasteiger partial charge < -0.3 is 24.8 Å². The van der Waals surface area contributed by atoms with Gasteiger partial charge in [-0.15, -0.1) is 6.58 Å². The van der Waals surface area contributed by atoms with Gasteiger partial charge in [-0.05, 0) is 19.3 Å². The van der Waals surface area contributed by atoms with Crippen LogP contribution in [0.3, 0.4) is 0 Å². The minimum Gasteiger partial charge on any atom is -0.394 e. The first-order valence-corrected chi connectivity index (χ1v) is 9.51. The average molecular weight is 344 g/mol. The van der Waals surface area contributed by atoms with Crippen LogP contribution in [0, 0.1) is 0 Å². The molecule has 1 rings (SSSR count). The molecule has 0 aromatic heterocycles. The van der Waals surface area contributed by atoms with Gasteiger partial charge in [-0.1, -0.05) is 51.0 Å². The molecule has 0 bridgehead atoms. The highest BCUT2D eigenvalue weighted by molar-refractivity contribution is 4.87. The van der Waals surface area contributed by atoms with Crippen LogP contribution >= 0.6 is 0 Å². The van der Waals surface area contributed by atoms with E-state index >= 15 is 0 Å². The van der Waals surface area contributed by atoms with E-state index in [4.69, 9.17) is 14.6 Å². The molecular formula is C19H36O5. The topological polar surface area (TPSA) is 79.2 Å². The number of hydrogen-bond donors (Lipinski definition) is 3. The van der Waals surface area contributed by atoms with E-state index in [9.17, 15) is 10.2 Å². The molecule has 24 heavy (non-hydrogen) atoms. The SMILES string of the molecule is C=CCCCCCCCCCCCO[C@@H]1CO[C@@H](CO)[C@H](O)[C@H]1O. The van der Waals surface area contributed by atoms with Gasteiger partial charge in [-0.3, -0.25) is 0 Å². The Morgan fingerprint density at radius 1 is 0.917 bits per heavy atom. The molecule has 0 amide bonds. The fraction of sp³-hybridized carbons (Fsp3) is 0.895. The summed E-state index contributed by atoms with van der Waals surface area (Å²) in [6, 6.07) is 0. The lowest BCUT2D eigenvalue weighted by atomic mass is 10.0. The summed E-state index contributed by atoms with van der Waals surface area (Å²) < 4.78 is 10.9. The Labute approximate surface area is 146 Å². The summed E-state index contributed by atoms with van der Waals surface area (Å²) in [5.41, 5.74) is 0. The van der Waals surface area contributed by atoms with Gasteiger partial charge in [0.1, 0.15) is 24.4 Å². The highest BCUT2D eigenvalue weighted by Gasteiger charge is 2.38. The third kappa shape index (κ3) is 8.58. The summed E-state index contributed by atoms with van der Waals surface area (Å²) in [7, 11) is 0. The van der Waals surface area contributed by atoms with Crippen LogP contribution in [0.5, 0.6) is 0 Å².